The van der Waals surface area contributed by atoms with Gasteiger partial charge in [0.05, 0.1) is 25.2 Å². The molecule has 0 amide bonds. The Hall–Kier alpha value is -1.91. The molecule has 1 aromatic heterocycles. The van der Waals surface area contributed by atoms with E-state index in [2.05, 4.69) is 4.98 Å². The van der Waals surface area contributed by atoms with E-state index in [4.69, 9.17) is 15.1 Å². The smallest absolute Gasteiger partial charge is 0.330 e. The van der Waals surface area contributed by atoms with Crippen molar-refractivity contribution in [3.8, 4) is 6.07 Å². The third-order valence-electron chi connectivity index (χ3n) is 2.91. The van der Waals surface area contributed by atoms with E-state index in [-0.39, 0.29) is 24.7 Å². The lowest BCUT2D eigenvalue weighted by Crippen LogP contribution is -2.34. The van der Waals surface area contributed by atoms with Gasteiger partial charge in [-0.2, -0.15) is 5.26 Å². The zero-order chi connectivity index (χ0) is 13.1. The summed E-state index contributed by atoms with van der Waals surface area (Å²) in [4.78, 5) is 25.2. The Morgan fingerprint density at radius 3 is 2.94 bits per heavy atom. The standard InChI is InChI=1S/C11H13N3O4/c12-4-3-7-5-14(11(17)13-10(7)16)9-2-1-8(6-15)18-9/h5,8-9,15H,1-3,6H2,(H,13,16,17). The quantitative estimate of drug-likeness (QED) is 0.736. The van der Waals surface area contributed by atoms with Crippen molar-refractivity contribution in [2.24, 2.45) is 0 Å². The van der Waals surface area contributed by atoms with Crippen LogP contribution >= 0.6 is 0 Å². The van der Waals surface area contributed by atoms with Gasteiger partial charge in [0, 0.05) is 11.8 Å². The van der Waals surface area contributed by atoms with E-state index in [1.54, 1.807) is 0 Å². The minimum absolute atomic E-state index is 0.0637. The van der Waals surface area contributed by atoms with Gasteiger partial charge in [0.1, 0.15) is 6.23 Å². The van der Waals surface area contributed by atoms with Gasteiger partial charge in [-0.05, 0) is 12.8 Å². The van der Waals surface area contributed by atoms with E-state index in [0.717, 1.165) is 0 Å². The fraction of sp³-hybridized carbons (Fsp3) is 0.545. The lowest BCUT2D eigenvalue weighted by Gasteiger charge is -2.15. The SMILES string of the molecule is N#CCc1cn(C2CCC(CO)O2)c(=O)[nH]c1=O. The molecular formula is C11H13N3O4. The van der Waals surface area contributed by atoms with Crippen LogP contribution in [0.1, 0.15) is 24.6 Å². The molecule has 1 aliphatic heterocycles. The molecule has 0 bridgehead atoms. The second-order valence-corrected chi connectivity index (χ2v) is 4.13. The van der Waals surface area contributed by atoms with Gasteiger partial charge in [-0.15, -0.1) is 0 Å². The third-order valence-corrected chi connectivity index (χ3v) is 2.91. The van der Waals surface area contributed by atoms with Crippen LogP contribution in [-0.4, -0.2) is 27.4 Å². The van der Waals surface area contributed by atoms with E-state index in [1.165, 1.54) is 10.8 Å². The maximum absolute atomic E-state index is 11.7. The lowest BCUT2D eigenvalue weighted by molar-refractivity contribution is -0.0247. The first kappa shape index (κ1) is 12.5. The van der Waals surface area contributed by atoms with Gasteiger partial charge in [-0.25, -0.2) is 4.79 Å². The Kier molecular flexibility index (Phi) is 3.60. The predicted octanol–water partition coefficient (Wildman–Crippen LogP) is -0.727. The van der Waals surface area contributed by atoms with E-state index in [9.17, 15) is 9.59 Å². The molecule has 1 fully saturated rings. The number of hydrogen-bond donors (Lipinski definition) is 2. The Bertz CT molecular complexity index is 583. The van der Waals surface area contributed by atoms with E-state index >= 15 is 0 Å². The first-order chi connectivity index (χ1) is 8.65. The minimum atomic E-state index is -0.565. The molecule has 2 heterocycles. The summed E-state index contributed by atoms with van der Waals surface area (Å²) in [5.74, 6) is 0. The largest absolute Gasteiger partial charge is 0.394 e. The summed E-state index contributed by atoms with van der Waals surface area (Å²) in [5.41, 5.74) is -0.882. The second-order valence-electron chi connectivity index (χ2n) is 4.13. The molecule has 7 heteroatoms. The van der Waals surface area contributed by atoms with Gasteiger partial charge in [-0.3, -0.25) is 14.3 Å². The lowest BCUT2D eigenvalue weighted by atomic mass is 10.2. The van der Waals surface area contributed by atoms with Crippen LogP contribution in [0.4, 0.5) is 0 Å². The average Bonchev–Trinajstić information content (AvgIpc) is 2.81. The number of nitrogens with one attached hydrogen (secondary N) is 1. The topological polar surface area (TPSA) is 108 Å². The molecule has 2 N–H and O–H groups in total. The van der Waals surface area contributed by atoms with Crippen LogP contribution in [0.15, 0.2) is 15.8 Å². The maximum Gasteiger partial charge on any atom is 0.330 e. The Morgan fingerprint density at radius 2 is 2.33 bits per heavy atom. The molecule has 18 heavy (non-hydrogen) atoms. The van der Waals surface area contributed by atoms with Crippen LogP contribution < -0.4 is 11.2 Å². The van der Waals surface area contributed by atoms with E-state index in [1.807, 2.05) is 6.07 Å². The summed E-state index contributed by atoms with van der Waals surface area (Å²) in [6, 6.07) is 1.87. The zero-order valence-corrected chi connectivity index (χ0v) is 9.63. The third kappa shape index (κ3) is 2.34. The number of aliphatic hydroxyl groups excluding tert-OH is 1. The highest BCUT2D eigenvalue weighted by Crippen LogP contribution is 2.26. The summed E-state index contributed by atoms with van der Waals surface area (Å²) in [6.07, 6.45) is 1.75. The zero-order valence-electron chi connectivity index (χ0n) is 9.63. The van der Waals surface area contributed by atoms with E-state index in [0.29, 0.717) is 12.8 Å². The minimum Gasteiger partial charge on any atom is -0.394 e. The molecule has 2 atom stereocenters. The van der Waals surface area contributed by atoms with Gasteiger partial charge in [0.2, 0.25) is 0 Å². The van der Waals surface area contributed by atoms with Crippen molar-refractivity contribution in [1.82, 2.24) is 9.55 Å². The highest BCUT2D eigenvalue weighted by Gasteiger charge is 2.27. The second kappa shape index (κ2) is 5.16. The highest BCUT2D eigenvalue weighted by atomic mass is 16.5. The number of hydrogen-bond acceptors (Lipinski definition) is 5. The molecule has 0 radical (unpaired) electrons. The Labute approximate surface area is 102 Å². The van der Waals surface area contributed by atoms with Gasteiger partial charge in [0.25, 0.3) is 5.56 Å². The average molecular weight is 251 g/mol. The highest BCUT2D eigenvalue weighted by molar-refractivity contribution is 5.10. The number of ether oxygens (including phenoxy) is 1. The van der Waals surface area contributed by atoms with Crippen molar-refractivity contribution in [3.05, 3.63) is 32.6 Å². The Morgan fingerprint density at radius 1 is 1.56 bits per heavy atom. The number of H-pyrrole nitrogens is 1. The summed E-state index contributed by atoms with van der Waals surface area (Å²) >= 11 is 0. The number of aromatic amines is 1. The molecular weight excluding hydrogens is 238 g/mol. The number of aliphatic hydroxyl groups is 1. The van der Waals surface area contributed by atoms with Crippen LogP contribution in [0.25, 0.3) is 0 Å². The van der Waals surface area contributed by atoms with Gasteiger partial charge in [-0.1, -0.05) is 0 Å². The van der Waals surface area contributed by atoms with Gasteiger partial charge in [0.15, 0.2) is 0 Å². The molecule has 0 aliphatic carbocycles. The number of nitrogens with zero attached hydrogens (tertiary/aromatic N) is 2. The van der Waals surface area contributed by atoms with Crippen molar-refractivity contribution in [2.75, 3.05) is 6.61 Å². The first-order valence-electron chi connectivity index (χ1n) is 5.63. The van der Waals surface area contributed by atoms with Crippen LogP contribution in [0.5, 0.6) is 0 Å². The molecule has 1 saturated heterocycles. The maximum atomic E-state index is 11.7. The molecule has 1 aliphatic rings. The van der Waals surface area contributed by atoms with Crippen LogP contribution in [0.2, 0.25) is 0 Å². The van der Waals surface area contributed by atoms with Crippen LogP contribution in [-0.2, 0) is 11.2 Å². The summed E-state index contributed by atoms with van der Waals surface area (Å²) in [7, 11) is 0. The van der Waals surface area contributed by atoms with Gasteiger partial charge >= 0.3 is 5.69 Å². The normalized spacial score (nSPS) is 22.9. The Balaban J connectivity index is 2.34. The van der Waals surface area contributed by atoms with Crippen molar-refractivity contribution < 1.29 is 9.84 Å². The summed E-state index contributed by atoms with van der Waals surface area (Å²) in [5, 5.41) is 17.6. The first-order valence-corrected chi connectivity index (χ1v) is 5.63. The molecule has 2 unspecified atom stereocenters. The molecule has 0 spiro atoms. The van der Waals surface area contributed by atoms with Gasteiger partial charge < -0.3 is 9.84 Å². The fourth-order valence-electron chi connectivity index (χ4n) is 1.98. The van der Waals surface area contributed by atoms with Crippen molar-refractivity contribution in [2.45, 2.75) is 31.6 Å². The van der Waals surface area contributed by atoms with Crippen LogP contribution in [0, 0.1) is 11.3 Å². The number of nitriles is 1. The predicted molar refractivity (Wildman–Crippen MR) is 60.9 cm³/mol. The van der Waals surface area contributed by atoms with Crippen molar-refractivity contribution in [3.63, 3.8) is 0 Å². The molecule has 2 rings (SSSR count). The molecule has 1 aromatic rings. The summed E-state index contributed by atoms with van der Waals surface area (Å²) in [6.45, 7) is -0.0976. The van der Waals surface area contributed by atoms with E-state index < -0.39 is 17.5 Å². The monoisotopic (exact) mass is 251 g/mol. The molecule has 0 aromatic carbocycles. The van der Waals surface area contributed by atoms with Crippen molar-refractivity contribution in [1.29, 1.82) is 5.26 Å². The van der Waals surface area contributed by atoms with Crippen LogP contribution in [0.3, 0.4) is 0 Å². The van der Waals surface area contributed by atoms with Crippen molar-refractivity contribution >= 4 is 0 Å². The summed E-state index contributed by atoms with van der Waals surface area (Å²) < 4.78 is 6.73. The number of aromatic nitrogens is 2. The fourth-order valence-corrected chi connectivity index (χ4v) is 1.98. The molecule has 96 valence electrons. The number of rotatable bonds is 3. The molecule has 0 saturated carbocycles. The molecule has 7 nitrogen and oxygen atoms in total.